The summed E-state index contributed by atoms with van der Waals surface area (Å²) in [6.45, 7) is 4.75. The number of anilines is 3. The predicted octanol–water partition coefficient (Wildman–Crippen LogP) is 19.8. The average molecular weight is 952 g/mol. The van der Waals surface area contributed by atoms with E-state index in [2.05, 4.69) is 280 Å². The molecule has 0 bridgehead atoms. The summed E-state index contributed by atoms with van der Waals surface area (Å²) in [6, 6.07) is 98.8. The Bertz CT molecular complexity index is 4490. The topological polar surface area (TPSA) is 3.24 Å². The maximum atomic E-state index is 2.59. The number of rotatable bonds is 5. The highest BCUT2D eigenvalue weighted by atomic mass is 15.1. The monoisotopic (exact) mass is 951 g/mol. The zero-order valence-corrected chi connectivity index (χ0v) is 41.8. The third-order valence-corrected chi connectivity index (χ3v) is 17.4. The molecule has 16 rings (SSSR count). The number of benzene rings is 13. The third-order valence-electron chi connectivity index (χ3n) is 17.4. The van der Waals surface area contributed by atoms with Gasteiger partial charge in [-0.05, 0) is 169 Å². The van der Waals surface area contributed by atoms with E-state index in [1.807, 2.05) is 0 Å². The number of nitrogens with zero attached hydrogens (tertiary/aromatic N) is 1. The van der Waals surface area contributed by atoms with Crippen LogP contribution in [0.1, 0.15) is 47.2 Å². The molecule has 0 aromatic heterocycles. The normalized spacial score (nSPS) is 13.9. The molecule has 350 valence electrons. The average Bonchev–Trinajstić information content (AvgIpc) is 4.03. The van der Waals surface area contributed by atoms with Crippen molar-refractivity contribution in [2.75, 3.05) is 4.90 Å². The molecule has 0 amide bonds. The van der Waals surface area contributed by atoms with E-state index < -0.39 is 5.41 Å². The van der Waals surface area contributed by atoms with E-state index in [4.69, 9.17) is 0 Å². The summed E-state index contributed by atoms with van der Waals surface area (Å²) in [5.74, 6) is 0. The molecule has 0 saturated carbocycles. The minimum Gasteiger partial charge on any atom is -0.310 e. The van der Waals surface area contributed by atoms with Crippen LogP contribution in [0.25, 0.3) is 98.7 Å². The van der Waals surface area contributed by atoms with E-state index in [9.17, 15) is 0 Å². The Kier molecular flexibility index (Phi) is 8.79. The fourth-order valence-corrected chi connectivity index (χ4v) is 14.1. The van der Waals surface area contributed by atoms with Gasteiger partial charge in [0.25, 0.3) is 0 Å². The second-order valence-electron chi connectivity index (χ2n) is 21.5. The van der Waals surface area contributed by atoms with Gasteiger partial charge < -0.3 is 4.90 Å². The molecule has 0 fully saturated rings. The van der Waals surface area contributed by atoms with Crippen LogP contribution in [0.5, 0.6) is 0 Å². The van der Waals surface area contributed by atoms with Gasteiger partial charge in [-0.2, -0.15) is 0 Å². The van der Waals surface area contributed by atoms with E-state index in [-0.39, 0.29) is 5.41 Å². The summed E-state index contributed by atoms with van der Waals surface area (Å²) in [6.07, 6.45) is 0. The quantitative estimate of drug-likeness (QED) is 0.155. The lowest BCUT2D eigenvalue weighted by Crippen LogP contribution is -2.26. The lowest BCUT2D eigenvalue weighted by Gasteiger charge is -2.33. The van der Waals surface area contributed by atoms with Crippen molar-refractivity contribution >= 4 is 60.2 Å². The van der Waals surface area contributed by atoms with E-state index in [1.54, 1.807) is 0 Å². The number of fused-ring (bicyclic) bond motifs is 20. The molecule has 3 aliphatic rings. The van der Waals surface area contributed by atoms with E-state index in [1.165, 1.54) is 127 Å². The van der Waals surface area contributed by atoms with Crippen molar-refractivity contribution in [1.82, 2.24) is 0 Å². The van der Waals surface area contributed by atoms with Crippen molar-refractivity contribution < 1.29 is 0 Å². The number of hydrogen-bond acceptors (Lipinski definition) is 1. The summed E-state index contributed by atoms with van der Waals surface area (Å²) in [5, 5.41) is 10.1. The maximum absolute atomic E-state index is 2.59. The van der Waals surface area contributed by atoms with Gasteiger partial charge in [-0.25, -0.2) is 0 Å². The summed E-state index contributed by atoms with van der Waals surface area (Å²) >= 11 is 0. The Hall–Kier alpha value is -9.30. The second kappa shape index (κ2) is 15.6. The van der Waals surface area contributed by atoms with Gasteiger partial charge in [-0.3, -0.25) is 0 Å². The van der Waals surface area contributed by atoms with Crippen molar-refractivity contribution in [3.63, 3.8) is 0 Å². The zero-order chi connectivity index (χ0) is 49.6. The van der Waals surface area contributed by atoms with Crippen LogP contribution in [-0.4, -0.2) is 0 Å². The van der Waals surface area contributed by atoms with Gasteiger partial charge in [-0.15, -0.1) is 0 Å². The minimum atomic E-state index is -0.530. The first-order valence-corrected chi connectivity index (χ1v) is 26.4. The molecule has 3 aliphatic carbocycles. The smallest absolute Gasteiger partial charge is 0.0726 e. The maximum Gasteiger partial charge on any atom is 0.0726 e. The van der Waals surface area contributed by atoms with Crippen molar-refractivity contribution in [2.45, 2.75) is 24.7 Å². The molecule has 0 radical (unpaired) electrons. The minimum absolute atomic E-state index is 0.134. The van der Waals surface area contributed by atoms with Crippen LogP contribution in [0.15, 0.2) is 261 Å². The summed E-state index contributed by atoms with van der Waals surface area (Å²) in [4.78, 5) is 2.59. The van der Waals surface area contributed by atoms with Gasteiger partial charge in [0.2, 0.25) is 0 Å². The SMILES string of the molecule is CC1(C)c2ccccc2-c2cc(N(c3ccc4c5ccccc5c5ccccc5c4c3)c3cc4c(cc3-c3ccc(-c5ccc6ccccc6c5)cc3)-c3ccccc3C43c4ccccc4-c4ccccc43)ccc21. The first-order valence-electron chi connectivity index (χ1n) is 26.4. The highest BCUT2D eigenvalue weighted by Crippen LogP contribution is 2.64. The Morgan fingerprint density at radius 1 is 0.253 bits per heavy atom. The largest absolute Gasteiger partial charge is 0.310 e. The molecule has 1 heteroatoms. The molecule has 0 saturated heterocycles. The van der Waals surface area contributed by atoms with Gasteiger partial charge in [-0.1, -0.05) is 232 Å². The third kappa shape index (κ3) is 5.84. The fraction of sp³-hybridized carbons (Fsp3) is 0.0541. The molecule has 0 heterocycles. The first-order chi connectivity index (χ1) is 36.9. The Labute approximate surface area is 437 Å². The van der Waals surface area contributed by atoms with Crippen LogP contribution in [0.2, 0.25) is 0 Å². The van der Waals surface area contributed by atoms with Crippen molar-refractivity contribution in [1.29, 1.82) is 0 Å². The molecule has 0 N–H and O–H groups in total. The standard InChI is InChI=1S/C74H49N/c1-73(2)66-27-13-9-25-60(66)64-43-52(38-40-67(64)73)75(51-37-39-57-55-21-6-5-19-53(55)54-20-7-8-22-56(54)63(57)42-51)72-45-71-65(44-62(72)48-34-31-47(32-35-48)50-36-33-46-17-3-4-18-49(46)41-50)61-26-12-16-30-70(61)74(71)68-28-14-10-23-58(68)59-24-11-15-29-69(59)74/h3-45H,1-2H3. The predicted molar refractivity (Wildman–Crippen MR) is 316 cm³/mol. The Morgan fingerprint density at radius 2 is 0.693 bits per heavy atom. The van der Waals surface area contributed by atoms with Crippen molar-refractivity contribution in [3.8, 4) is 55.6 Å². The van der Waals surface area contributed by atoms with Gasteiger partial charge in [0.05, 0.1) is 11.1 Å². The van der Waals surface area contributed by atoms with Gasteiger partial charge in [0, 0.05) is 22.4 Å². The first kappa shape index (κ1) is 42.2. The lowest BCUT2D eigenvalue weighted by atomic mass is 9.70. The molecule has 75 heavy (non-hydrogen) atoms. The van der Waals surface area contributed by atoms with E-state index in [0.29, 0.717) is 0 Å². The van der Waals surface area contributed by atoms with Crippen molar-refractivity contribution in [2.24, 2.45) is 0 Å². The van der Waals surface area contributed by atoms with Gasteiger partial charge >= 0.3 is 0 Å². The fourth-order valence-electron chi connectivity index (χ4n) is 14.1. The van der Waals surface area contributed by atoms with Crippen molar-refractivity contribution in [3.05, 3.63) is 294 Å². The Morgan fingerprint density at radius 3 is 1.33 bits per heavy atom. The van der Waals surface area contributed by atoms with Crippen LogP contribution < -0.4 is 4.90 Å². The van der Waals surface area contributed by atoms with Crippen LogP contribution >= 0.6 is 0 Å². The molecule has 0 atom stereocenters. The van der Waals surface area contributed by atoms with Crippen LogP contribution in [-0.2, 0) is 10.8 Å². The van der Waals surface area contributed by atoms with E-state index in [0.717, 1.165) is 22.6 Å². The van der Waals surface area contributed by atoms with E-state index >= 15 is 0 Å². The van der Waals surface area contributed by atoms with Gasteiger partial charge in [0.15, 0.2) is 0 Å². The van der Waals surface area contributed by atoms with Crippen LogP contribution in [0.4, 0.5) is 17.1 Å². The number of hydrogen-bond donors (Lipinski definition) is 0. The van der Waals surface area contributed by atoms with Crippen LogP contribution in [0, 0.1) is 0 Å². The highest BCUT2D eigenvalue weighted by molar-refractivity contribution is 6.26. The summed E-state index contributed by atoms with van der Waals surface area (Å²) < 4.78 is 0. The molecule has 1 spiro atoms. The summed E-state index contributed by atoms with van der Waals surface area (Å²) in [7, 11) is 0. The molecule has 13 aromatic rings. The lowest BCUT2D eigenvalue weighted by molar-refractivity contribution is 0.660. The van der Waals surface area contributed by atoms with Crippen LogP contribution in [0.3, 0.4) is 0 Å². The zero-order valence-electron chi connectivity index (χ0n) is 41.8. The summed E-state index contributed by atoms with van der Waals surface area (Å²) in [5.41, 5.74) is 23.3. The molecular formula is C74H49N. The molecule has 0 unspecified atom stereocenters. The van der Waals surface area contributed by atoms with Gasteiger partial charge in [0.1, 0.15) is 0 Å². The molecular weight excluding hydrogens is 903 g/mol. The molecule has 0 aliphatic heterocycles. The molecule has 13 aromatic carbocycles. The Balaban J connectivity index is 1.02. The highest BCUT2D eigenvalue weighted by Gasteiger charge is 2.52. The molecule has 1 nitrogen and oxygen atoms in total. The second-order valence-corrected chi connectivity index (χ2v) is 21.5.